The molecule has 1 amide bonds. The fourth-order valence-corrected chi connectivity index (χ4v) is 3.42. The second kappa shape index (κ2) is 8.86. The lowest BCUT2D eigenvalue weighted by Gasteiger charge is -2.10. The van der Waals surface area contributed by atoms with E-state index < -0.39 is 5.91 Å². The third-order valence-electron chi connectivity index (χ3n) is 4.78. The maximum Gasteiger partial charge on any atom is 0.297 e. The van der Waals surface area contributed by atoms with Gasteiger partial charge in [0.05, 0.1) is 18.4 Å². The molecule has 0 radical (unpaired) electrons. The highest BCUT2D eigenvalue weighted by atomic mass is 32.1. The number of aromatic nitrogens is 1. The molecule has 0 saturated heterocycles. The number of nitrogens with one attached hydrogen (secondary N) is 1. The Morgan fingerprint density at radius 2 is 1.50 bits per heavy atom. The number of methoxy groups -OCH3 is 1. The van der Waals surface area contributed by atoms with Crippen LogP contribution in [0.25, 0.3) is 16.5 Å². The molecule has 3 N–H and O–H groups in total. The van der Waals surface area contributed by atoms with Crippen LogP contribution in [0.1, 0.15) is 10.4 Å². The minimum atomic E-state index is -0.684. The molecule has 9 heteroatoms. The summed E-state index contributed by atoms with van der Waals surface area (Å²) in [6.45, 7) is 0. The molecule has 4 aromatic rings. The van der Waals surface area contributed by atoms with Gasteiger partial charge in [-0.05, 0) is 60.7 Å². The molecule has 0 bridgehead atoms. The number of rotatable bonds is 4. The Bertz CT molecular complexity index is 1310. The van der Waals surface area contributed by atoms with Gasteiger partial charge in [0.2, 0.25) is 16.9 Å². The van der Waals surface area contributed by atoms with Gasteiger partial charge >= 0.3 is 0 Å². The number of anilines is 1. The first-order valence-electron chi connectivity index (χ1n) is 9.51. The van der Waals surface area contributed by atoms with Gasteiger partial charge in [0.1, 0.15) is 5.75 Å². The van der Waals surface area contributed by atoms with Crippen LogP contribution in [0.4, 0.5) is 5.69 Å². The smallest absolute Gasteiger partial charge is 0.297 e. The van der Waals surface area contributed by atoms with Crippen molar-refractivity contribution in [3.63, 3.8) is 0 Å². The Morgan fingerprint density at radius 1 is 0.906 bits per heavy atom. The SMILES string of the molecule is COc1ccc(NC(=S)N=NC(=O)c2ccccc2-n2c(O)c3ccccc3c2O)cc1. The average Bonchev–Trinajstić information content (AvgIpc) is 3.08. The standard InChI is InChI=1S/C23H18N4O4S/c1-31-15-12-10-14(11-13-15)24-23(32)26-25-20(28)18-8-4-5-9-19(18)27-21(29)16-6-2-3-7-17(16)22(27)30/h2-13,29-30H,1H3,(H,24,32). The highest BCUT2D eigenvalue weighted by Gasteiger charge is 2.21. The fraction of sp³-hybridized carbons (Fsp3) is 0.0435. The molecule has 4 rings (SSSR count). The number of para-hydroxylation sites is 1. The van der Waals surface area contributed by atoms with Crippen LogP contribution in [-0.4, -0.2) is 32.9 Å². The van der Waals surface area contributed by atoms with Gasteiger partial charge in [0, 0.05) is 16.5 Å². The van der Waals surface area contributed by atoms with Crippen LogP contribution in [0.5, 0.6) is 17.5 Å². The Kier molecular flexibility index (Phi) is 5.82. The number of thiocarbonyl (C=S) groups is 1. The number of carbonyl (C=O) groups is 1. The third kappa shape index (κ3) is 4.01. The van der Waals surface area contributed by atoms with Crippen LogP contribution in [0.15, 0.2) is 83.0 Å². The van der Waals surface area contributed by atoms with Crippen LogP contribution < -0.4 is 10.1 Å². The Balaban J connectivity index is 1.60. The number of benzene rings is 3. The van der Waals surface area contributed by atoms with Crippen LogP contribution in [-0.2, 0) is 0 Å². The molecular weight excluding hydrogens is 428 g/mol. The summed E-state index contributed by atoms with van der Waals surface area (Å²) in [5, 5.41) is 32.6. The van der Waals surface area contributed by atoms with Gasteiger partial charge < -0.3 is 20.3 Å². The van der Waals surface area contributed by atoms with Crippen molar-refractivity contribution < 1.29 is 19.7 Å². The van der Waals surface area contributed by atoms with Gasteiger partial charge in [0.15, 0.2) is 0 Å². The van der Waals surface area contributed by atoms with E-state index in [1.54, 1.807) is 73.8 Å². The molecule has 1 heterocycles. The third-order valence-corrected chi connectivity index (χ3v) is 4.96. The van der Waals surface area contributed by atoms with E-state index in [1.165, 1.54) is 10.6 Å². The Hall–Kier alpha value is -4.24. The number of ether oxygens (including phenoxy) is 1. The molecule has 0 atom stereocenters. The summed E-state index contributed by atoms with van der Waals surface area (Å²) < 4.78 is 6.30. The molecule has 0 saturated carbocycles. The summed E-state index contributed by atoms with van der Waals surface area (Å²) in [6.07, 6.45) is 0. The zero-order chi connectivity index (χ0) is 22.7. The quantitative estimate of drug-likeness (QED) is 0.299. The monoisotopic (exact) mass is 446 g/mol. The lowest BCUT2D eigenvalue weighted by molar-refractivity contribution is 0.0995. The van der Waals surface area contributed by atoms with Gasteiger partial charge in [-0.25, -0.2) is 4.57 Å². The van der Waals surface area contributed by atoms with E-state index in [0.29, 0.717) is 22.2 Å². The first kappa shape index (κ1) is 21.0. The molecule has 0 unspecified atom stereocenters. The zero-order valence-corrected chi connectivity index (χ0v) is 17.7. The maximum absolute atomic E-state index is 12.8. The molecule has 0 fully saturated rings. The fourth-order valence-electron chi connectivity index (χ4n) is 3.26. The maximum atomic E-state index is 12.8. The number of hydrogen-bond donors (Lipinski definition) is 3. The predicted octanol–water partition coefficient (Wildman–Crippen LogP) is 5.04. The number of azo groups is 1. The lowest BCUT2D eigenvalue weighted by atomic mass is 10.1. The van der Waals surface area contributed by atoms with Crippen molar-refractivity contribution in [2.24, 2.45) is 10.2 Å². The molecule has 0 aliphatic rings. The average molecular weight is 446 g/mol. The first-order valence-corrected chi connectivity index (χ1v) is 9.92. The second-order valence-corrected chi connectivity index (χ2v) is 7.10. The number of fused-ring (bicyclic) bond motifs is 1. The van der Waals surface area contributed by atoms with Crippen LogP contribution >= 0.6 is 12.2 Å². The van der Waals surface area contributed by atoms with Crippen LogP contribution in [0, 0.1) is 0 Å². The van der Waals surface area contributed by atoms with Crippen molar-refractivity contribution in [1.29, 1.82) is 0 Å². The normalized spacial score (nSPS) is 11.0. The van der Waals surface area contributed by atoms with Crippen molar-refractivity contribution in [3.05, 3.63) is 78.4 Å². The van der Waals surface area contributed by atoms with Gasteiger partial charge in [-0.1, -0.05) is 24.3 Å². The summed E-state index contributed by atoms with van der Waals surface area (Å²) in [5.74, 6) is -0.367. The summed E-state index contributed by atoms with van der Waals surface area (Å²) in [6, 6.07) is 20.3. The van der Waals surface area contributed by atoms with Crippen molar-refractivity contribution in [2.75, 3.05) is 12.4 Å². The highest BCUT2D eigenvalue weighted by molar-refractivity contribution is 7.80. The van der Waals surface area contributed by atoms with Crippen molar-refractivity contribution in [1.82, 2.24) is 4.57 Å². The number of aromatic hydroxyl groups is 2. The molecule has 3 aromatic carbocycles. The largest absolute Gasteiger partial charge is 0.497 e. The molecule has 0 spiro atoms. The van der Waals surface area contributed by atoms with Crippen molar-refractivity contribution >= 4 is 39.7 Å². The predicted molar refractivity (Wildman–Crippen MR) is 125 cm³/mol. The Labute approximate surface area is 188 Å². The topological polar surface area (TPSA) is 108 Å². The highest BCUT2D eigenvalue weighted by Crippen LogP contribution is 2.39. The van der Waals surface area contributed by atoms with Gasteiger partial charge in [-0.15, -0.1) is 10.2 Å². The number of carbonyl (C=O) groups excluding carboxylic acids is 1. The number of nitrogens with zero attached hydrogens (tertiary/aromatic N) is 3. The van der Waals surface area contributed by atoms with E-state index in [2.05, 4.69) is 15.5 Å². The van der Waals surface area contributed by atoms with E-state index in [9.17, 15) is 15.0 Å². The molecule has 8 nitrogen and oxygen atoms in total. The van der Waals surface area contributed by atoms with Crippen LogP contribution in [0.2, 0.25) is 0 Å². The van der Waals surface area contributed by atoms with Gasteiger partial charge in [-0.2, -0.15) is 0 Å². The summed E-state index contributed by atoms with van der Waals surface area (Å²) in [7, 11) is 1.57. The zero-order valence-electron chi connectivity index (χ0n) is 16.9. The van der Waals surface area contributed by atoms with E-state index in [1.807, 2.05) is 0 Å². The number of hydrogen-bond acceptors (Lipinski definition) is 5. The van der Waals surface area contributed by atoms with Crippen LogP contribution in [0.3, 0.4) is 0 Å². The molecule has 32 heavy (non-hydrogen) atoms. The molecular formula is C23H18N4O4S. The molecule has 160 valence electrons. The second-order valence-electron chi connectivity index (χ2n) is 6.71. The minimum Gasteiger partial charge on any atom is -0.497 e. The van der Waals surface area contributed by atoms with E-state index in [4.69, 9.17) is 17.0 Å². The van der Waals surface area contributed by atoms with Crippen molar-refractivity contribution in [2.45, 2.75) is 0 Å². The van der Waals surface area contributed by atoms with E-state index in [0.717, 1.165) is 0 Å². The van der Waals surface area contributed by atoms with Crippen molar-refractivity contribution in [3.8, 4) is 23.2 Å². The van der Waals surface area contributed by atoms with Gasteiger partial charge in [-0.3, -0.25) is 4.79 Å². The Morgan fingerprint density at radius 3 is 2.12 bits per heavy atom. The van der Waals surface area contributed by atoms with E-state index in [-0.39, 0.29) is 28.1 Å². The molecule has 0 aliphatic heterocycles. The molecule has 0 aliphatic carbocycles. The summed E-state index contributed by atoms with van der Waals surface area (Å²) in [4.78, 5) is 12.8. The molecule has 1 aromatic heterocycles. The minimum absolute atomic E-state index is 0.00149. The lowest BCUT2D eigenvalue weighted by Crippen LogP contribution is -2.07. The number of amides is 1. The summed E-state index contributed by atoms with van der Waals surface area (Å²) in [5.41, 5.74) is 1.06. The van der Waals surface area contributed by atoms with Gasteiger partial charge in [0.25, 0.3) is 5.91 Å². The summed E-state index contributed by atoms with van der Waals surface area (Å²) >= 11 is 5.14. The first-order chi connectivity index (χ1) is 15.5. The van der Waals surface area contributed by atoms with E-state index >= 15 is 0 Å².